The predicted molar refractivity (Wildman–Crippen MR) is 68.4 cm³/mol. The van der Waals surface area contributed by atoms with Crippen LogP contribution in [0.4, 0.5) is 11.8 Å². The van der Waals surface area contributed by atoms with E-state index in [4.69, 9.17) is 11.6 Å². The summed E-state index contributed by atoms with van der Waals surface area (Å²) < 4.78 is 0. The second kappa shape index (κ2) is 6.24. The van der Waals surface area contributed by atoms with Crippen LogP contribution in [-0.4, -0.2) is 35.5 Å². The van der Waals surface area contributed by atoms with Crippen LogP contribution >= 0.6 is 11.6 Å². The molecular formula is C10H16ClN5O. The van der Waals surface area contributed by atoms with Gasteiger partial charge in [-0.1, -0.05) is 11.6 Å². The minimum Gasteiger partial charge on any atom is -0.357 e. The standard InChI is InChI=1S/C10H16ClN5O/c1-4-13-10-14-5-7(11)8(16-10)15-6(2)9(17)12-3/h5-6H,4H2,1-3H3,(H,12,17)(H2,13,14,15,16). The van der Waals surface area contributed by atoms with E-state index in [1.54, 1.807) is 14.0 Å². The molecule has 1 aromatic heterocycles. The van der Waals surface area contributed by atoms with Gasteiger partial charge in [-0.2, -0.15) is 4.98 Å². The fourth-order valence-corrected chi connectivity index (χ4v) is 1.34. The number of likely N-dealkylation sites (N-methyl/N-ethyl adjacent to an activating group) is 1. The maximum atomic E-state index is 11.4. The van der Waals surface area contributed by atoms with Crippen molar-refractivity contribution in [2.45, 2.75) is 19.9 Å². The van der Waals surface area contributed by atoms with Gasteiger partial charge in [-0.15, -0.1) is 0 Å². The zero-order valence-electron chi connectivity index (χ0n) is 10.0. The Morgan fingerprint density at radius 3 is 2.88 bits per heavy atom. The second-order valence-electron chi connectivity index (χ2n) is 3.40. The van der Waals surface area contributed by atoms with Crippen molar-refractivity contribution in [2.75, 3.05) is 24.2 Å². The molecule has 0 radical (unpaired) electrons. The largest absolute Gasteiger partial charge is 0.357 e. The van der Waals surface area contributed by atoms with Gasteiger partial charge in [0.1, 0.15) is 11.1 Å². The first-order chi connectivity index (χ1) is 8.08. The summed E-state index contributed by atoms with van der Waals surface area (Å²) in [4.78, 5) is 19.5. The summed E-state index contributed by atoms with van der Waals surface area (Å²) in [5.41, 5.74) is 0. The molecule has 0 aliphatic carbocycles. The van der Waals surface area contributed by atoms with Crippen molar-refractivity contribution >= 4 is 29.3 Å². The maximum Gasteiger partial charge on any atom is 0.241 e. The van der Waals surface area contributed by atoms with E-state index in [1.807, 2.05) is 6.92 Å². The van der Waals surface area contributed by atoms with Crippen molar-refractivity contribution in [3.8, 4) is 0 Å². The molecule has 0 spiro atoms. The number of hydrogen-bond acceptors (Lipinski definition) is 5. The second-order valence-corrected chi connectivity index (χ2v) is 3.81. The molecule has 17 heavy (non-hydrogen) atoms. The van der Waals surface area contributed by atoms with Crippen molar-refractivity contribution in [1.29, 1.82) is 0 Å². The maximum absolute atomic E-state index is 11.4. The number of aromatic nitrogens is 2. The Morgan fingerprint density at radius 1 is 1.59 bits per heavy atom. The minimum atomic E-state index is -0.415. The number of nitrogens with zero attached hydrogens (tertiary/aromatic N) is 2. The van der Waals surface area contributed by atoms with E-state index in [2.05, 4.69) is 25.9 Å². The molecule has 0 aliphatic rings. The quantitative estimate of drug-likeness (QED) is 0.736. The van der Waals surface area contributed by atoms with E-state index < -0.39 is 6.04 Å². The average molecular weight is 258 g/mol. The van der Waals surface area contributed by atoms with Gasteiger partial charge in [-0.25, -0.2) is 4.98 Å². The zero-order valence-corrected chi connectivity index (χ0v) is 10.8. The SMILES string of the molecule is CCNc1ncc(Cl)c(NC(C)C(=O)NC)n1. The van der Waals surface area contributed by atoms with Gasteiger partial charge in [0.05, 0.1) is 6.20 Å². The van der Waals surface area contributed by atoms with Gasteiger partial charge in [0.2, 0.25) is 11.9 Å². The molecule has 1 amide bonds. The molecule has 0 fully saturated rings. The number of hydrogen-bond donors (Lipinski definition) is 3. The van der Waals surface area contributed by atoms with Gasteiger partial charge in [0, 0.05) is 13.6 Å². The first kappa shape index (κ1) is 13.5. The Hall–Kier alpha value is -1.56. The predicted octanol–water partition coefficient (Wildman–Crippen LogP) is 1.11. The van der Waals surface area contributed by atoms with Gasteiger partial charge in [-0.05, 0) is 13.8 Å². The summed E-state index contributed by atoms with van der Waals surface area (Å²) in [7, 11) is 1.58. The van der Waals surface area contributed by atoms with Crippen LogP contribution < -0.4 is 16.0 Å². The Balaban J connectivity index is 2.82. The normalized spacial score (nSPS) is 11.8. The first-order valence-electron chi connectivity index (χ1n) is 5.33. The molecular weight excluding hydrogens is 242 g/mol. The summed E-state index contributed by atoms with van der Waals surface area (Å²) in [5, 5.41) is 8.81. The van der Waals surface area contributed by atoms with Gasteiger partial charge >= 0.3 is 0 Å². The Kier molecular flexibility index (Phi) is 4.96. The third-order valence-electron chi connectivity index (χ3n) is 2.07. The molecule has 3 N–H and O–H groups in total. The van der Waals surface area contributed by atoms with E-state index in [-0.39, 0.29) is 5.91 Å². The van der Waals surface area contributed by atoms with Crippen molar-refractivity contribution in [3.05, 3.63) is 11.2 Å². The monoisotopic (exact) mass is 257 g/mol. The lowest BCUT2D eigenvalue weighted by atomic mass is 10.3. The molecule has 0 saturated heterocycles. The van der Waals surface area contributed by atoms with Gasteiger partial charge in [0.15, 0.2) is 5.82 Å². The summed E-state index contributed by atoms with van der Waals surface area (Å²) in [5.74, 6) is 0.780. The van der Waals surface area contributed by atoms with Crippen molar-refractivity contribution < 1.29 is 4.79 Å². The molecule has 1 atom stereocenters. The molecule has 0 bridgehead atoms. The number of carbonyl (C=O) groups is 1. The van der Waals surface area contributed by atoms with E-state index >= 15 is 0 Å². The van der Waals surface area contributed by atoms with Crippen molar-refractivity contribution in [3.63, 3.8) is 0 Å². The lowest BCUT2D eigenvalue weighted by Crippen LogP contribution is -2.35. The van der Waals surface area contributed by atoms with Gasteiger partial charge in [-0.3, -0.25) is 4.79 Å². The smallest absolute Gasteiger partial charge is 0.241 e. The minimum absolute atomic E-state index is 0.135. The van der Waals surface area contributed by atoms with Crippen LogP contribution in [0.3, 0.4) is 0 Å². The number of amides is 1. The van der Waals surface area contributed by atoms with Crippen LogP contribution in [0.5, 0.6) is 0 Å². The highest BCUT2D eigenvalue weighted by Gasteiger charge is 2.13. The van der Waals surface area contributed by atoms with Gasteiger partial charge < -0.3 is 16.0 Å². The molecule has 1 unspecified atom stereocenters. The summed E-state index contributed by atoms with van der Waals surface area (Å²) in [6.07, 6.45) is 1.49. The molecule has 0 aromatic carbocycles. The van der Waals surface area contributed by atoms with Crippen LogP contribution in [0, 0.1) is 0 Å². The van der Waals surface area contributed by atoms with Crippen LogP contribution in [0.1, 0.15) is 13.8 Å². The zero-order chi connectivity index (χ0) is 12.8. The molecule has 1 rings (SSSR count). The summed E-state index contributed by atoms with van der Waals surface area (Å²) in [6.45, 7) is 4.38. The number of carbonyl (C=O) groups excluding carboxylic acids is 1. The molecule has 1 heterocycles. The first-order valence-corrected chi connectivity index (χ1v) is 5.70. The lowest BCUT2D eigenvalue weighted by Gasteiger charge is -2.14. The topological polar surface area (TPSA) is 78.9 Å². The number of halogens is 1. The summed E-state index contributed by atoms with van der Waals surface area (Å²) >= 11 is 5.94. The highest BCUT2D eigenvalue weighted by Crippen LogP contribution is 2.19. The molecule has 6 nitrogen and oxygen atoms in total. The third kappa shape index (κ3) is 3.74. The summed E-state index contributed by atoms with van der Waals surface area (Å²) in [6, 6.07) is -0.415. The van der Waals surface area contributed by atoms with E-state index in [0.717, 1.165) is 0 Å². The van der Waals surface area contributed by atoms with Crippen molar-refractivity contribution in [2.24, 2.45) is 0 Å². The van der Waals surface area contributed by atoms with E-state index in [0.29, 0.717) is 23.3 Å². The van der Waals surface area contributed by atoms with E-state index in [1.165, 1.54) is 6.20 Å². The fourth-order valence-electron chi connectivity index (χ4n) is 1.20. The fraction of sp³-hybridized carbons (Fsp3) is 0.500. The van der Waals surface area contributed by atoms with Crippen LogP contribution in [0.2, 0.25) is 5.02 Å². The molecule has 0 saturated carbocycles. The molecule has 1 aromatic rings. The van der Waals surface area contributed by atoms with E-state index in [9.17, 15) is 4.79 Å². The van der Waals surface area contributed by atoms with Crippen LogP contribution in [-0.2, 0) is 4.79 Å². The molecule has 7 heteroatoms. The Bertz CT molecular complexity index is 398. The lowest BCUT2D eigenvalue weighted by molar-refractivity contribution is -0.121. The van der Waals surface area contributed by atoms with Crippen LogP contribution in [0.15, 0.2) is 6.20 Å². The van der Waals surface area contributed by atoms with Crippen molar-refractivity contribution in [1.82, 2.24) is 15.3 Å². The Morgan fingerprint density at radius 2 is 2.29 bits per heavy atom. The van der Waals surface area contributed by atoms with Gasteiger partial charge in [0.25, 0.3) is 0 Å². The average Bonchev–Trinajstić information content (AvgIpc) is 2.32. The highest BCUT2D eigenvalue weighted by atomic mass is 35.5. The molecule has 94 valence electrons. The Labute approximate surface area is 105 Å². The number of rotatable bonds is 5. The van der Waals surface area contributed by atoms with Crippen LogP contribution in [0.25, 0.3) is 0 Å². The number of nitrogens with one attached hydrogen (secondary N) is 3. The number of anilines is 2. The molecule has 0 aliphatic heterocycles. The third-order valence-corrected chi connectivity index (χ3v) is 2.35. The highest BCUT2D eigenvalue weighted by molar-refractivity contribution is 6.32.